The SMILES string of the molecule is CC(C(=O)OC(C)(C)C)n1cc(C(=O)O)nn1. The summed E-state index contributed by atoms with van der Waals surface area (Å²) in [4.78, 5) is 22.3. The van der Waals surface area contributed by atoms with E-state index < -0.39 is 23.6 Å². The summed E-state index contributed by atoms with van der Waals surface area (Å²) in [6.07, 6.45) is 1.19. The minimum absolute atomic E-state index is 0.208. The van der Waals surface area contributed by atoms with Crippen molar-refractivity contribution in [3.05, 3.63) is 11.9 Å². The fraction of sp³-hybridized carbons (Fsp3) is 0.600. The normalized spacial score (nSPS) is 13.2. The van der Waals surface area contributed by atoms with Crippen LogP contribution in [0.2, 0.25) is 0 Å². The van der Waals surface area contributed by atoms with Crippen LogP contribution in [0.4, 0.5) is 0 Å². The number of hydrogen-bond acceptors (Lipinski definition) is 5. The van der Waals surface area contributed by atoms with Gasteiger partial charge in [-0.05, 0) is 27.7 Å². The number of nitrogens with zero attached hydrogens (tertiary/aromatic N) is 3. The molecule has 1 atom stereocenters. The van der Waals surface area contributed by atoms with Gasteiger partial charge in [0.1, 0.15) is 11.6 Å². The van der Waals surface area contributed by atoms with Gasteiger partial charge >= 0.3 is 11.9 Å². The Morgan fingerprint density at radius 2 is 2.06 bits per heavy atom. The molecule has 1 heterocycles. The first kappa shape index (κ1) is 13.1. The van der Waals surface area contributed by atoms with Crippen molar-refractivity contribution in [3.8, 4) is 0 Å². The smallest absolute Gasteiger partial charge is 0.358 e. The molecule has 7 nitrogen and oxygen atoms in total. The molecule has 1 unspecified atom stereocenters. The van der Waals surface area contributed by atoms with Crippen LogP contribution in [0.25, 0.3) is 0 Å². The maximum absolute atomic E-state index is 11.7. The summed E-state index contributed by atoms with van der Waals surface area (Å²) in [6, 6.07) is -0.713. The van der Waals surface area contributed by atoms with Crippen molar-refractivity contribution in [2.24, 2.45) is 0 Å². The van der Waals surface area contributed by atoms with Crippen molar-refractivity contribution < 1.29 is 19.4 Å². The van der Waals surface area contributed by atoms with Crippen molar-refractivity contribution in [2.45, 2.75) is 39.3 Å². The van der Waals surface area contributed by atoms with E-state index in [2.05, 4.69) is 10.3 Å². The highest BCUT2D eigenvalue weighted by molar-refractivity contribution is 5.84. The molecular weight excluding hydrogens is 226 g/mol. The van der Waals surface area contributed by atoms with Crippen LogP contribution in [0.3, 0.4) is 0 Å². The molecule has 0 aliphatic carbocycles. The lowest BCUT2D eigenvalue weighted by atomic mass is 10.2. The monoisotopic (exact) mass is 241 g/mol. The van der Waals surface area contributed by atoms with Crippen molar-refractivity contribution in [3.63, 3.8) is 0 Å². The zero-order chi connectivity index (χ0) is 13.2. The van der Waals surface area contributed by atoms with Crippen LogP contribution in [0.1, 0.15) is 44.2 Å². The first-order chi connectivity index (χ1) is 7.70. The lowest BCUT2D eigenvalue weighted by Gasteiger charge is -2.21. The topological polar surface area (TPSA) is 94.3 Å². The molecule has 0 aliphatic rings. The summed E-state index contributed by atoms with van der Waals surface area (Å²) < 4.78 is 6.31. The number of carboxylic acid groups (broad SMARTS) is 1. The Labute approximate surface area is 98.4 Å². The second-order valence-electron chi connectivity index (χ2n) is 4.60. The Morgan fingerprint density at radius 1 is 1.47 bits per heavy atom. The Balaban J connectivity index is 2.78. The quantitative estimate of drug-likeness (QED) is 0.789. The second kappa shape index (κ2) is 4.52. The zero-order valence-corrected chi connectivity index (χ0v) is 10.2. The van der Waals surface area contributed by atoms with E-state index >= 15 is 0 Å². The van der Waals surface area contributed by atoms with Crippen molar-refractivity contribution in [1.29, 1.82) is 0 Å². The Morgan fingerprint density at radius 3 is 2.47 bits per heavy atom. The zero-order valence-electron chi connectivity index (χ0n) is 10.2. The molecule has 1 rings (SSSR count). The third-order valence-corrected chi connectivity index (χ3v) is 1.87. The van der Waals surface area contributed by atoms with Crippen molar-refractivity contribution >= 4 is 11.9 Å². The van der Waals surface area contributed by atoms with Crippen molar-refractivity contribution in [1.82, 2.24) is 15.0 Å². The molecule has 94 valence electrons. The van der Waals surface area contributed by atoms with E-state index in [-0.39, 0.29) is 5.69 Å². The van der Waals surface area contributed by atoms with E-state index in [0.717, 1.165) is 4.68 Å². The highest BCUT2D eigenvalue weighted by atomic mass is 16.6. The fourth-order valence-corrected chi connectivity index (χ4v) is 1.06. The maximum atomic E-state index is 11.7. The molecule has 0 saturated heterocycles. The van der Waals surface area contributed by atoms with E-state index in [9.17, 15) is 9.59 Å². The number of carboxylic acids is 1. The predicted molar refractivity (Wildman–Crippen MR) is 57.5 cm³/mol. The van der Waals surface area contributed by atoms with Crippen LogP contribution in [-0.4, -0.2) is 37.6 Å². The number of carbonyl (C=O) groups excluding carboxylic acids is 1. The first-order valence-corrected chi connectivity index (χ1v) is 5.08. The molecule has 1 aromatic heterocycles. The minimum Gasteiger partial charge on any atom is -0.476 e. The van der Waals surface area contributed by atoms with Crippen LogP contribution in [-0.2, 0) is 9.53 Å². The molecule has 7 heteroatoms. The number of ether oxygens (including phenoxy) is 1. The molecule has 0 radical (unpaired) electrons. The van der Waals surface area contributed by atoms with Crippen LogP contribution < -0.4 is 0 Å². The van der Waals surface area contributed by atoms with E-state index in [1.54, 1.807) is 27.7 Å². The van der Waals surface area contributed by atoms with Gasteiger partial charge in [-0.2, -0.15) is 0 Å². The predicted octanol–water partition coefficient (Wildman–Crippen LogP) is 0.879. The molecule has 0 aromatic carbocycles. The van der Waals surface area contributed by atoms with Gasteiger partial charge in [0.05, 0.1) is 6.20 Å². The van der Waals surface area contributed by atoms with E-state index in [1.807, 2.05) is 0 Å². The van der Waals surface area contributed by atoms with Crippen molar-refractivity contribution in [2.75, 3.05) is 0 Å². The van der Waals surface area contributed by atoms with Crippen LogP contribution in [0.5, 0.6) is 0 Å². The number of rotatable bonds is 3. The number of esters is 1. The standard InChI is InChI=1S/C10H15N3O4/c1-6(9(16)17-10(2,3)4)13-5-7(8(14)15)11-12-13/h5-6H,1-4H3,(H,14,15). The molecule has 1 aromatic rings. The molecular formula is C10H15N3O4. The maximum Gasteiger partial charge on any atom is 0.358 e. The second-order valence-corrected chi connectivity index (χ2v) is 4.60. The van der Waals surface area contributed by atoms with Gasteiger partial charge in [0, 0.05) is 0 Å². The Hall–Kier alpha value is -1.92. The summed E-state index contributed by atoms with van der Waals surface area (Å²) in [5.74, 6) is -1.67. The van der Waals surface area contributed by atoms with Gasteiger partial charge in [0.25, 0.3) is 0 Å². The molecule has 0 aliphatic heterocycles. The van der Waals surface area contributed by atoms with Gasteiger partial charge in [-0.15, -0.1) is 5.10 Å². The number of aromatic nitrogens is 3. The highest BCUT2D eigenvalue weighted by Crippen LogP contribution is 2.14. The summed E-state index contributed by atoms with van der Waals surface area (Å²) >= 11 is 0. The van der Waals surface area contributed by atoms with E-state index in [4.69, 9.17) is 9.84 Å². The number of aromatic carboxylic acids is 1. The third-order valence-electron chi connectivity index (χ3n) is 1.87. The molecule has 0 bridgehead atoms. The largest absolute Gasteiger partial charge is 0.476 e. The van der Waals surface area contributed by atoms with Gasteiger partial charge < -0.3 is 9.84 Å². The molecule has 0 fully saturated rings. The summed E-state index contributed by atoms with van der Waals surface area (Å²) in [6.45, 7) is 6.82. The summed E-state index contributed by atoms with van der Waals surface area (Å²) in [5, 5.41) is 15.7. The van der Waals surface area contributed by atoms with Gasteiger partial charge in [-0.1, -0.05) is 5.21 Å². The molecule has 1 N–H and O–H groups in total. The number of hydrogen-bond donors (Lipinski definition) is 1. The van der Waals surface area contributed by atoms with Gasteiger partial charge in [-0.25, -0.2) is 14.3 Å². The Kier molecular flexibility index (Phi) is 3.50. The average Bonchev–Trinajstić information content (AvgIpc) is 2.62. The van der Waals surface area contributed by atoms with Crippen LogP contribution in [0.15, 0.2) is 6.20 Å². The first-order valence-electron chi connectivity index (χ1n) is 5.08. The Bertz CT molecular complexity index is 433. The highest BCUT2D eigenvalue weighted by Gasteiger charge is 2.24. The minimum atomic E-state index is -1.19. The number of carbonyl (C=O) groups is 2. The summed E-state index contributed by atoms with van der Waals surface area (Å²) in [5.41, 5.74) is -0.804. The van der Waals surface area contributed by atoms with Gasteiger partial charge in [0.15, 0.2) is 5.69 Å². The molecule has 0 amide bonds. The lowest BCUT2D eigenvalue weighted by molar-refractivity contribution is -0.158. The fourth-order valence-electron chi connectivity index (χ4n) is 1.06. The van der Waals surface area contributed by atoms with Gasteiger partial charge in [0.2, 0.25) is 0 Å². The molecule has 0 saturated carbocycles. The van der Waals surface area contributed by atoms with Crippen LogP contribution in [0, 0.1) is 0 Å². The van der Waals surface area contributed by atoms with E-state index in [1.165, 1.54) is 6.20 Å². The van der Waals surface area contributed by atoms with Crippen LogP contribution >= 0.6 is 0 Å². The lowest BCUT2D eigenvalue weighted by Crippen LogP contribution is -2.29. The summed E-state index contributed by atoms with van der Waals surface area (Å²) in [7, 11) is 0. The van der Waals surface area contributed by atoms with Gasteiger partial charge in [-0.3, -0.25) is 0 Å². The third kappa shape index (κ3) is 3.54. The van der Waals surface area contributed by atoms with E-state index in [0.29, 0.717) is 0 Å². The average molecular weight is 241 g/mol. The molecule has 0 spiro atoms. The molecule has 17 heavy (non-hydrogen) atoms.